The topological polar surface area (TPSA) is 76.7 Å². The summed E-state index contributed by atoms with van der Waals surface area (Å²) < 4.78 is 10.6. The molecule has 136 valence electrons. The summed E-state index contributed by atoms with van der Waals surface area (Å²) in [5.74, 6) is 0.473. The van der Waals surface area contributed by atoms with Crippen LogP contribution in [0.15, 0.2) is 48.5 Å². The van der Waals surface area contributed by atoms with Gasteiger partial charge in [0.1, 0.15) is 5.41 Å². The molecule has 1 aliphatic heterocycles. The average Bonchev–Trinajstić information content (AvgIpc) is 3.10. The van der Waals surface area contributed by atoms with Crippen molar-refractivity contribution in [1.82, 2.24) is 5.32 Å². The van der Waals surface area contributed by atoms with Crippen molar-refractivity contribution in [2.75, 3.05) is 12.1 Å². The van der Waals surface area contributed by atoms with E-state index < -0.39 is 11.3 Å². The summed E-state index contributed by atoms with van der Waals surface area (Å²) in [7, 11) is 0. The van der Waals surface area contributed by atoms with Gasteiger partial charge >= 0.3 is 0 Å². The summed E-state index contributed by atoms with van der Waals surface area (Å²) in [6.07, 6.45) is 0. The van der Waals surface area contributed by atoms with E-state index in [0.717, 1.165) is 5.56 Å². The fraction of sp³-hybridized carbons (Fsp3) is 0.300. The number of benzene rings is 2. The van der Waals surface area contributed by atoms with Crippen molar-refractivity contribution in [2.45, 2.75) is 26.8 Å². The molecule has 0 aromatic heterocycles. The molecule has 2 N–H and O–H groups in total. The third-order valence-corrected chi connectivity index (χ3v) is 4.41. The second-order valence-corrected chi connectivity index (χ2v) is 6.75. The van der Waals surface area contributed by atoms with E-state index in [1.807, 2.05) is 37.3 Å². The van der Waals surface area contributed by atoms with Gasteiger partial charge in [-0.3, -0.25) is 9.59 Å². The summed E-state index contributed by atoms with van der Waals surface area (Å²) in [6, 6.07) is 14.5. The molecule has 1 heterocycles. The minimum absolute atomic E-state index is 0.165. The van der Waals surface area contributed by atoms with E-state index in [4.69, 9.17) is 9.47 Å². The summed E-state index contributed by atoms with van der Waals surface area (Å²) in [5.41, 5.74) is 0.295. The average molecular weight is 354 g/mol. The minimum atomic E-state index is -1.24. The van der Waals surface area contributed by atoms with E-state index in [1.165, 1.54) is 0 Å². The number of nitrogens with one attached hydrogen (secondary N) is 2. The number of rotatable bonds is 5. The zero-order chi connectivity index (χ0) is 18.7. The molecule has 0 radical (unpaired) electrons. The van der Waals surface area contributed by atoms with Gasteiger partial charge in [-0.15, -0.1) is 0 Å². The van der Waals surface area contributed by atoms with Crippen molar-refractivity contribution in [3.63, 3.8) is 0 Å². The molecule has 26 heavy (non-hydrogen) atoms. The normalized spacial score (nSPS) is 13.8. The predicted octanol–water partition coefficient (Wildman–Crippen LogP) is 3.26. The molecule has 0 fully saturated rings. The van der Waals surface area contributed by atoms with Gasteiger partial charge in [0, 0.05) is 11.8 Å². The van der Waals surface area contributed by atoms with Crippen LogP contribution in [0.3, 0.4) is 0 Å². The zero-order valence-electron chi connectivity index (χ0n) is 15.0. The third kappa shape index (κ3) is 3.64. The van der Waals surface area contributed by atoms with Crippen molar-refractivity contribution in [3.05, 3.63) is 54.1 Å². The highest BCUT2D eigenvalue weighted by atomic mass is 16.7. The molecule has 1 aliphatic rings. The van der Waals surface area contributed by atoms with E-state index in [9.17, 15) is 9.59 Å². The van der Waals surface area contributed by atoms with Crippen molar-refractivity contribution < 1.29 is 19.1 Å². The Bertz CT molecular complexity index is 818. The van der Waals surface area contributed by atoms with E-state index in [1.54, 1.807) is 32.0 Å². The van der Waals surface area contributed by atoms with Crippen LogP contribution >= 0.6 is 0 Å². The molecular weight excluding hydrogens is 332 g/mol. The quantitative estimate of drug-likeness (QED) is 0.808. The number of carbonyl (C=O) groups is 2. The molecule has 1 atom stereocenters. The smallest absolute Gasteiger partial charge is 0.239 e. The van der Waals surface area contributed by atoms with Crippen LogP contribution in [-0.4, -0.2) is 18.6 Å². The Balaban J connectivity index is 1.66. The lowest BCUT2D eigenvalue weighted by Gasteiger charge is -2.25. The summed E-state index contributed by atoms with van der Waals surface area (Å²) >= 11 is 0. The minimum Gasteiger partial charge on any atom is -0.454 e. The van der Waals surface area contributed by atoms with Gasteiger partial charge in [-0.2, -0.15) is 0 Å². The van der Waals surface area contributed by atoms with Gasteiger partial charge in [-0.05, 0) is 38.5 Å². The number of anilines is 1. The maximum Gasteiger partial charge on any atom is 0.239 e. The lowest BCUT2D eigenvalue weighted by atomic mass is 9.90. The Morgan fingerprint density at radius 2 is 1.69 bits per heavy atom. The molecule has 0 bridgehead atoms. The summed E-state index contributed by atoms with van der Waals surface area (Å²) in [6.45, 7) is 5.25. The molecule has 0 saturated carbocycles. The van der Waals surface area contributed by atoms with Gasteiger partial charge in [0.25, 0.3) is 0 Å². The molecular formula is C20H22N2O4. The highest BCUT2D eigenvalue weighted by molar-refractivity contribution is 6.10. The molecule has 0 aliphatic carbocycles. The number of hydrogen-bond acceptors (Lipinski definition) is 4. The third-order valence-electron chi connectivity index (χ3n) is 4.41. The van der Waals surface area contributed by atoms with Crippen LogP contribution in [0.5, 0.6) is 11.5 Å². The molecule has 2 aromatic rings. The molecule has 3 rings (SSSR count). The van der Waals surface area contributed by atoms with Crippen LogP contribution in [-0.2, 0) is 9.59 Å². The van der Waals surface area contributed by atoms with Gasteiger partial charge in [-0.25, -0.2) is 0 Å². The Labute approximate surface area is 152 Å². The van der Waals surface area contributed by atoms with Gasteiger partial charge in [0.05, 0.1) is 6.04 Å². The Hall–Kier alpha value is -3.02. The summed E-state index contributed by atoms with van der Waals surface area (Å²) in [4.78, 5) is 25.3. The first kappa shape index (κ1) is 17.8. The number of carbonyl (C=O) groups excluding carboxylic acids is 2. The Morgan fingerprint density at radius 1 is 1.00 bits per heavy atom. The molecule has 2 amide bonds. The van der Waals surface area contributed by atoms with Crippen molar-refractivity contribution >= 4 is 17.5 Å². The van der Waals surface area contributed by atoms with E-state index in [2.05, 4.69) is 10.6 Å². The lowest BCUT2D eigenvalue weighted by molar-refractivity contribution is -0.138. The van der Waals surface area contributed by atoms with Crippen LogP contribution in [0.4, 0.5) is 5.69 Å². The SMILES string of the molecule is CC(NC(=O)C(C)(C)C(=O)Nc1ccc2c(c1)OCO2)c1ccccc1. The van der Waals surface area contributed by atoms with Crippen LogP contribution in [0.2, 0.25) is 0 Å². The number of fused-ring (bicyclic) bond motifs is 1. The lowest BCUT2D eigenvalue weighted by Crippen LogP contribution is -2.45. The number of hydrogen-bond donors (Lipinski definition) is 2. The maximum absolute atomic E-state index is 12.7. The van der Waals surface area contributed by atoms with Crippen LogP contribution in [0, 0.1) is 5.41 Å². The first-order valence-corrected chi connectivity index (χ1v) is 8.45. The fourth-order valence-electron chi connectivity index (χ4n) is 2.57. The number of ether oxygens (including phenoxy) is 2. The highest BCUT2D eigenvalue weighted by Crippen LogP contribution is 2.34. The van der Waals surface area contributed by atoms with E-state index >= 15 is 0 Å². The van der Waals surface area contributed by atoms with Crippen LogP contribution in [0.25, 0.3) is 0 Å². The van der Waals surface area contributed by atoms with Crippen molar-refractivity contribution in [3.8, 4) is 11.5 Å². The van der Waals surface area contributed by atoms with Gasteiger partial charge in [0.15, 0.2) is 11.5 Å². The summed E-state index contributed by atoms with van der Waals surface area (Å²) in [5, 5.41) is 5.67. The van der Waals surface area contributed by atoms with Crippen LogP contribution < -0.4 is 20.1 Å². The molecule has 1 unspecified atom stereocenters. The highest BCUT2D eigenvalue weighted by Gasteiger charge is 2.37. The van der Waals surface area contributed by atoms with Gasteiger partial charge in [0.2, 0.25) is 18.6 Å². The fourth-order valence-corrected chi connectivity index (χ4v) is 2.57. The van der Waals surface area contributed by atoms with Crippen LogP contribution in [0.1, 0.15) is 32.4 Å². The second kappa shape index (κ2) is 7.07. The monoisotopic (exact) mass is 354 g/mol. The Morgan fingerprint density at radius 3 is 2.42 bits per heavy atom. The van der Waals surface area contributed by atoms with Crippen molar-refractivity contribution in [1.29, 1.82) is 0 Å². The Kier molecular flexibility index (Phi) is 4.84. The van der Waals surface area contributed by atoms with Gasteiger partial charge < -0.3 is 20.1 Å². The maximum atomic E-state index is 12.7. The molecule has 2 aromatic carbocycles. The number of amides is 2. The molecule has 6 nitrogen and oxygen atoms in total. The molecule has 0 spiro atoms. The largest absolute Gasteiger partial charge is 0.454 e. The van der Waals surface area contributed by atoms with E-state index in [-0.39, 0.29) is 18.7 Å². The van der Waals surface area contributed by atoms with Gasteiger partial charge in [-0.1, -0.05) is 30.3 Å². The molecule has 0 saturated heterocycles. The predicted molar refractivity (Wildman–Crippen MR) is 98.0 cm³/mol. The first-order valence-electron chi connectivity index (χ1n) is 8.45. The zero-order valence-corrected chi connectivity index (χ0v) is 15.0. The standard InChI is InChI=1S/C20H22N2O4/c1-13(14-7-5-4-6-8-14)21-18(23)20(2,3)19(24)22-15-9-10-16-17(11-15)26-12-25-16/h4-11,13H,12H2,1-3H3,(H,21,23)(H,22,24). The molecule has 6 heteroatoms. The second-order valence-electron chi connectivity index (χ2n) is 6.75. The van der Waals surface area contributed by atoms with Crippen molar-refractivity contribution in [2.24, 2.45) is 5.41 Å². The first-order chi connectivity index (χ1) is 12.4. The van der Waals surface area contributed by atoms with E-state index in [0.29, 0.717) is 17.2 Å².